The van der Waals surface area contributed by atoms with Gasteiger partial charge in [0.1, 0.15) is 0 Å². The number of hydrogen-bond donors (Lipinski definition) is 3. The third-order valence-corrected chi connectivity index (χ3v) is 0.716. The van der Waals surface area contributed by atoms with E-state index < -0.39 is 0 Å². The molecule has 12 heavy (non-hydrogen) atoms. The van der Waals surface area contributed by atoms with Gasteiger partial charge in [-0.3, -0.25) is 4.79 Å². The van der Waals surface area contributed by atoms with Gasteiger partial charge in [0.05, 0.1) is 13.2 Å². The minimum atomic E-state index is -0.125. The highest BCUT2D eigenvalue weighted by Crippen LogP contribution is 1.75. The summed E-state index contributed by atoms with van der Waals surface area (Å²) in [5.74, 6) is -0.111. The Labute approximate surface area is 72.9 Å². The third-order valence-electron chi connectivity index (χ3n) is 0.716. The van der Waals surface area contributed by atoms with E-state index in [1.807, 2.05) is 13.8 Å². The first-order valence-electron chi connectivity index (χ1n) is 3.73. The van der Waals surface area contributed by atoms with Crippen LogP contribution in [0.25, 0.3) is 0 Å². The molecule has 0 radical (unpaired) electrons. The molecule has 4 heteroatoms. The summed E-state index contributed by atoms with van der Waals surface area (Å²) in [7, 11) is 0. The Hall–Kier alpha value is -0.870. The number of aliphatic hydroxyl groups excluding tert-OH is 2. The van der Waals surface area contributed by atoms with Crippen LogP contribution in [-0.4, -0.2) is 35.4 Å². The lowest BCUT2D eigenvalue weighted by Gasteiger charge is -2.02. The van der Waals surface area contributed by atoms with Gasteiger partial charge in [0.2, 0.25) is 5.91 Å². The molecule has 0 atom stereocenters. The van der Waals surface area contributed by atoms with Crippen LogP contribution in [0.4, 0.5) is 0 Å². The largest absolute Gasteiger partial charge is 0.394 e. The number of nitrogens with one attached hydrogen (secondary N) is 1. The van der Waals surface area contributed by atoms with Crippen molar-refractivity contribution in [3.05, 3.63) is 12.7 Å². The van der Waals surface area contributed by atoms with Crippen molar-refractivity contribution in [2.24, 2.45) is 0 Å². The molecule has 0 saturated carbocycles. The molecule has 0 aromatic carbocycles. The predicted molar refractivity (Wildman–Crippen MR) is 47.6 cm³/mol. The molecule has 0 unspecified atom stereocenters. The summed E-state index contributed by atoms with van der Waals surface area (Å²) < 4.78 is 0. The second kappa shape index (κ2) is 10.1. The van der Waals surface area contributed by atoms with Gasteiger partial charge in [-0.05, 0) is 19.9 Å². The van der Waals surface area contributed by atoms with Gasteiger partial charge in [-0.2, -0.15) is 0 Å². The number of amides is 1. The normalized spacial score (nSPS) is 8.42. The van der Waals surface area contributed by atoms with Crippen molar-refractivity contribution in [1.82, 2.24) is 5.32 Å². The maximum absolute atomic E-state index is 10.4. The van der Waals surface area contributed by atoms with Crippen molar-refractivity contribution in [2.45, 2.75) is 19.9 Å². The summed E-state index contributed by atoms with van der Waals surface area (Å²) in [5.41, 5.74) is 0. The van der Waals surface area contributed by atoms with Gasteiger partial charge in [0, 0.05) is 6.04 Å². The monoisotopic (exact) mass is 175 g/mol. The number of hydrogen-bond acceptors (Lipinski definition) is 3. The fourth-order valence-electron chi connectivity index (χ4n) is 0.343. The number of carbonyl (C=O) groups excluding carboxylic acids is 1. The van der Waals surface area contributed by atoms with Crippen LogP contribution in [0.15, 0.2) is 12.7 Å². The first-order valence-corrected chi connectivity index (χ1v) is 3.73. The molecule has 0 saturated heterocycles. The number of rotatable bonds is 3. The summed E-state index contributed by atoms with van der Waals surface area (Å²) in [6.45, 7) is 6.86. The van der Waals surface area contributed by atoms with Crippen molar-refractivity contribution in [3.8, 4) is 0 Å². The van der Waals surface area contributed by atoms with E-state index in [2.05, 4.69) is 11.9 Å². The number of carbonyl (C=O) groups is 1. The van der Waals surface area contributed by atoms with E-state index in [0.29, 0.717) is 0 Å². The minimum Gasteiger partial charge on any atom is -0.394 e. The van der Waals surface area contributed by atoms with Gasteiger partial charge in [-0.15, -0.1) is 0 Å². The zero-order valence-corrected chi connectivity index (χ0v) is 7.58. The molecular formula is C8H17NO3. The fourth-order valence-corrected chi connectivity index (χ4v) is 0.343. The quantitative estimate of drug-likeness (QED) is 0.514. The molecule has 0 aromatic rings. The van der Waals surface area contributed by atoms with E-state index >= 15 is 0 Å². The molecule has 0 fully saturated rings. The zero-order valence-electron chi connectivity index (χ0n) is 7.58. The molecule has 4 nitrogen and oxygen atoms in total. The van der Waals surface area contributed by atoms with Gasteiger partial charge in [-0.25, -0.2) is 0 Å². The summed E-state index contributed by atoms with van der Waals surface area (Å²) in [6.07, 6.45) is 1.26. The second-order valence-electron chi connectivity index (χ2n) is 2.31. The maximum Gasteiger partial charge on any atom is 0.243 e. The average Bonchev–Trinajstić information content (AvgIpc) is 2.04. The van der Waals surface area contributed by atoms with E-state index in [4.69, 9.17) is 10.2 Å². The van der Waals surface area contributed by atoms with E-state index in [0.717, 1.165) is 0 Å². The molecule has 0 aliphatic carbocycles. The Balaban J connectivity index is 0. The van der Waals surface area contributed by atoms with Crippen LogP contribution in [0.1, 0.15) is 13.8 Å². The van der Waals surface area contributed by atoms with Crippen molar-refractivity contribution in [2.75, 3.05) is 13.2 Å². The Morgan fingerprint density at radius 3 is 2.00 bits per heavy atom. The summed E-state index contributed by atoms with van der Waals surface area (Å²) in [6, 6.07) is 0.209. The molecule has 3 N–H and O–H groups in total. The second-order valence-corrected chi connectivity index (χ2v) is 2.31. The van der Waals surface area contributed by atoms with Gasteiger partial charge in [0.15, 0.2) is 0 Å². The Bertz CT molecular complexity index is 121. The molecule has 0 spiro atoms. The van der Waals surface area contributed by atoms with Gasteiger partial charge < -0.3 is 15.5 Å². The molecule has 1 amide bonds. The molecular weight excluding hydrogens is 158 g/mol. The van der Waals surface area contributed by atoms with Crippen LogP contribution in [0, 0.1) is 0 Å². The topological polar surface area (TPSA) is 69.6 Å². The molecule has 72 valence electrons. The van der Waals surface area contributed by atoms with Gasteiger partial charge in [0.25, 0.3) is 0 Å². The molecule has 0 heterocycles. The molecule has 0 bridgehead atoms. The van der Waals surface area contributed by atoms with E-state index in [9.17, 15) is 4.79 Å². The predicted octanol–water partition coefficient (Wildman–Crippen LogP) is -0.332. The lowest BCUT2D eigenvalue weighted by atomic mass is 10.4. The fraction of sp³-hybridized carbons (Fsp3) is 0.625. The molecule has 0 aliphatic rings. The minimum absolute atomic E-state index is 0.111. The average molecular weight is 175 g/mol. The highest BCUT2D eigenvalue weighted by atomic mass is 16.3. The Morgan fingerprint density at radius 2 is 1.92 bits per heavy atom. The summed E-state index contributed by atoms with van der Waals surface area (Å²) in [4.78, 5) is 10.4. The zero-order chi connectivity index (χ0) is 9.98. The van der Waals surface area contributed by atoms with E-state index in [1.165, 1.54) is 6.08 Å². The molecule has 0 aliphatic heterocycles. The SMILES string of the molecule is C=CC(=O)NC(C)C.OCCO. The van der Waals surface area contributed by atoms with Gasteiger partial charge >= 0.3 is 0 Å². The maximum atomic E-state index is 10.4. The smallest absolute Gasteiger partial charge is 0.243 e. The van der Waals surface area contributed by atoms with E-state index in [1.54, 1.807) is 0 Å². The van der Waals surface area contributed by atoms with Crippen LogP contribution in [-0.2, 0) is 4.79 Å². The van der Waals surface area contributed by atoms with Crippen molar-refractivity contribution >= 4 is 5.91 Å². The van der Waals surface area contributed by atoms with Crippen LogP contribution in [0.5, 0.6) is 0 Å². The molecule has 0 rings (SSSR count). The standard InChI is InChI=1S/C6H11NO.C2H6O2/c1-4-6(8)7-5(2)3;3-1-2-4/h4-5H,1H2,2-3H3,(H,7,8);3-4H,1-2H2. The lowest BCUT2D eigenvalue weighted by molar-refractivity contribution is -0.116. The first-order chi connectivity index (χ1) is 5.58. The summed E-state index contributed by atoms with van der Waals surface area (Å²) in [5, 5.41) is 17.9. The first kappa shape index (κ1) is 13.7. The third kappa shape index (κ3) is 16.1. The lowest BCUT2D eigenvalue weighted by Crippen LogP contribution is -2.27. The van der Waals surface area contributed by atoms with Crippen LogP contribution in [0.3, 0.4) is 0 Å². The van der Waals surface area contributed by atoms with Crippen molar-refractivity contribution in [1.29, 1.82) is 0 Å². The summed E-state index contributed by atoms with van der Waals surface area (Å²) >= 11 is 0. The van der Waals surface area contributed by atoms with Crippen molar-refractivity contribution in [3.63, 3.8) is 0 Å². The Kier molecular flexibility index (Phi) is 11.6. The molecule has 0 aromatic heterocycles. The van der Waals surface area contributed by atoms with Crippen LogP contribution in [0.2, 0.25) is 0 Å². The van der Waals surface area contributed by atoms with Gasteiger partial charge in [-0.1, -0.05) is 6.58 Å². The van der Waals surface area contributed by atoms with Crippen LogP contribution < -0.4 is 5.32 Å². The highest BCUT2D eigenvalue weighted by molar-refractivity contribution is 5.86. The van der Waals surface area contributed by atoms with Crippen molar-refractivity contribution < 1.29 is 15.0 Å². The number of aliphatic hydroxyl groups is 2. The van der Waals surface area contributed by atoms with E-state index in [-0.39, 0.29) is 25.2 Å². The Morgan fingerprint density at radius 1 is 1.50 bits per heavy atom. The highest BCUT2D eigenvalue weighted by Gasteiger charge is 1.93. The van der Waals surface area contributed by atoms with Crippen LogP contribution >= 0.6 is 0 Å².